The molecule has 0 unspecified atom stereocenters. The van der Waals surface area contributed by atoms with Crippen LogP contribution in [0.15, 0.2) is 10.7 Å². The third-order valence-electron chi connectivity index (χ3n) is 1.78. The first-order chi connectivity index (χ1) is 7.17. The summed E-state index contributed by atoms with van der Waals surface area (Å²) < 4.78 is 0. The first kappa shape index (κ1) is 11.2. The molecule has 1 aliphatic heterocycles. The smallest absolute Gasteiger partial charge is 0.274 e. The van der Waals surface area contributed by atoms with Crippen LogP contribution < -0.4 is 0 Å². The van der Waals surface area contributed by atoms with Crippen molar-refractivity contribution in [1.29, 1.82) is 10.5 Å². The molecule has 6 nitrogen and oxygen atoms in total. The molecule has 0 aromatic carbocycles. The van der Waals surface area contributed by atoms with Gasteiger partial charge >= 0.3 is 6.03 Å². The van der Waals surface area contributed by atoms with Crippen molar-refractivity contribution in [1.82, 2.24) is 9.80 Å². The second-order valence-corrected chi connectivity index (χ2v) is 3.03. The fourth-order valence-electron chi connectivity index (χ4n) is 1.13. The van der Waals surface area contributed by atoms with Crippen molar-refractivity contribution in [2.45, 2.75) is 0 Å². The zero-order valence-electron chi connectivity index (χ0n) is 7.47. The van der Waals surface area contributed by atoms with E-state index in [1.165, 1.54) is 4.99 Å². The number of hydrogen-bond donors (Lipinski definition) is 0. The van der Waals surface area contributed by atoms with Crippen LogP contribution in [0.2, 0.25) is 0 Å². The Morgan fingerprint density at radius 3 is 2.20 bits per heavy atom. The largest absolute Gasteiger partial charge is 0.333 e. The monoisotopic (exact) mass is 268 g/mol. The maximum atomic E-state index is 11.5. The van der Waals surface area contributed by atoms with E-state index >= 15 is 0 Å². The third kappa shape index (κ3) is 1.83. The lowest BCUT2D eigenvalue weighted by molar-refractivity contribution is -0.122. The predicted molar refractivity (Wildman–Crippen MR) is 52.1 cm³/mol. The van der Waals surface area contributed by atoms with Crippen LogP contribution in [-0.2, 0) is 4.79 Å². The van der Waals surface area contributed by atoms with Gasteiger partial charge in [-0.2, -0.15) is 10.5 Å². The summed E-state index contributed by atoms with van der Waals surface area (Å²) in [6.07, 6.45) is 0. The van der Waals surface area contributed by atoms with Crippen LogP contribution in [0, 0.1) is 22.7 Å². The molecule has 1 fully saturated rings. The standard InChI is InChI=1S/C8H5BrN4O2/c9-5-6-7(14)13(4-2-11)8(15)12(6)3-1-10/h5H,3-4H2. The normalized spacial score (nSPS) is 18.2. The van der Waals surface area contributed by atoms with Crippen LogP contribution in [0.1, 0.15) is 0 Å². The van der Waals surface area contributed by atoms with Gasteiger partial charge in [0.1, 0.15) is 18.8 Å². The maximum absolute atomic E-state index is 11.5. The Kier molecular flexibility index (Phi) is 3.42. The van der Waals surface area contributed by atoms with Crippen molar-refractivity contribution in [3.8, 4) is 12.1 Å². The highest BCUT2D eigenvalue weighted by Gasteiger charge is 2.40. The maximum Gasteiger partial charge on any atom is 0.333 e. The van der Waals surface area contributed by atoms with E-state index in [1.54, 1.807) is 12.1 Å². The molecule has 76 valence electrons. The number of urea groups is 1. The molecule has 0 radical (unpaired) electrons. The molecular formula is C8H5BrN4O2. The van der Waals surface area contributed by atoms with E-state index in [1.807, 2.05) is 0 Å². The minimum absolute atomic E-state index is 0.0665. The van der Waals surface area contributed by atoms with E-state index in [2.05, 4.69) is 15.9 Å². The highest BCUT2D eigenvalue weighted by Crippen LogP contribution is 2.21. The number of halogens is 1. The Balaban J connectivity index is 3.04. The van der Waals surface area contributed by atoms with Crippen molar-refractivity contribution >= 4 is 27.9 Å². The highest BCUT2D eigenvalue weighted by molar-refractivity contribution is 9.11. The summed E-state index contributed by atoms with van der Waals surface area (Å²) >= 11 is 2.94. The summed E-state index contributed by atoms with van der Waals surface area (Å²) in [4.78, 5) is 26.1. The summed E-state index contributed by atoms with van der Waals surface area (Å²) in [5.74, 6) is -0.575. The molecule has 1 saturated heterocycles. The van der Waals surface area contributed by atoms with Crippen LogP contribution >= 0.6 is 15.9 Å². The lowest BCUT2D eigenvalue weighted by atomic mass is 10.4. The quantitative estimate of drug-likeness (QED) is 0.415. The molecule has 0 spiro atoms. The van der Waals surface area contributed by atoms with Crippen LogP contribution in [0.3, 0.4) is 0 Å². The molecule has 0 aliphatic carbocycles. The van der Waals surface area contributed by atoms with Crippen LogP contribution in [0.5, 0.6) is 0 Å². The molecule has 0 bridgehead atoms. The van der Waals surface area contributed by atoms with Crippen LogP contribution in [-0.4, -0.2) is 34.8 Å². The van der Waals surface area contributed by atoms with Gasteiger partial charge in [0.15, 0.2) is 0 Å². The zero-order valence-corrected chi connectivity index (χ0v) is 9.06. The number of carbonyl (C=O) groups excluding carboxylic acids is 2. The molecule has 15 heavy (non-hydrogen) atoms. The van der Waals surface area contributed by atoms with E-state index in [0.717, 1.165) is 9.80 Å². The predicted octanol–water partition coefficient (Wildman–Crippen LogP) is 0.534. The van der Waals surface area contributed by atoms with E-state index in [4.69, 9.17) is 10.5 Å². The molecule has 0 N–H and O–H groups in total. The molecule has 1 aliphatic rings. The van der Waals surface area contributed by atoms with Crippen molar-refractivity contribution in [3.05, 3.63) is 10.7 Å². The first-order valence-corrected chi connectivity index (χ1v) is 4.76. The summed E-state index contributed by atoms with van der Waals surface area (Å²) in [6.45, 7) is -0.534. The van der Waals surface area contributed by atoms with Gasteiger partial charge in [0.2, 0.25) is 0 Å². The van der Waals surface area contributed by atoms with Crippen LogP contribution in [0.25, 0.3) is 0 Å². The molecule has 1 heterocycles. The van der Waals surface area contributed by atoms with Crippen molar-refractivity contribution in [3.63, 3.8) is 0 Å². The fraction of sp³-hybridized carbons (Fsp3) is 0.250. The molecule has 0 aromatic rings. The highest BCUT2D eigenvalue weighted by atomic mass is 79.9. The molecular weight excluding hydrogens is 264 g/mol. The van der Waals surface area contributed by atoms with Gasteiger partial charge in [-0.05, 0) is 0 Å². The van der Waals surface area contributed by atoms with Gasteiger partial charge in [0.25, 0.3) is 5.91 Å². The Labute approximate surface area is 94.1 Å². The van der Waals surface area contributed by atoms with Crippen LogP contribution in [0.4, 0.5) is 4.79 Å². The average molecular weight is 269 g/mol. The molecule has 3 amide bonds. The molecule has 7 heteroatoms. The zero-order chi connectivity index (χ0) is 11.4. The Morgan fingerprint density at radius 1 is 1.20 bits per heavy atom. The number of rotatable bonds is 2. The van der Waals surface area contributed by atoms with Gasteiger partial charge < -0.3 is 0 Å². The van der Waals surface area contributed by atoms with Crippen molar-refractivity contribution in [2.24, 2.45) is 0 Å². The fourth-order valence-corrected chi connectivity index (χ4v) is 1.57. The molecule has 0 atom stereocenters. The first-order valence-electron chi connectivity index (χ1n) is 3.85. The number of hydrogen-bond acceptors (Lipinski definition) is 4. The number of amides is 3. The number of nitrogens with zero attached hydrogens (tertiary/aromatic N) is 4. The summed E-state index contributed by atoms with van der Waals surface area (Å²) in [7, 11) is 0. The van der Waals surface area contributed by atoms with Gasteiger partial charge in [-0.3, -0.25) is 9.69 Å². The van der Waals surface area contributed by atoms with Gasteiger partial charge in [0, 0.05) is 4.99 Å². The number of carbonyl (C=O) groups is 2. The Bertz CT molecular complexity index is 417. The molecule has 1 rings (SSSR count). The second kappa shape index (κ2) is 4.58. The van der Waals surface area contributed by atoms with E-state index in [9.17, 15) is 9.59 Å². The molecule has 0 aromatic heterocycles. The van der Waals surface area contributed by atoms with Gasteiger partial charge in [-0.25, -0.2) is 9.69 Å². The van der Waals surface area contributed by atoms with Crippen molar-refractivity contribution in [2.75, 3.05) is 13.1 Å². The minimum Gasteiger partial charge on any atom is -0.274 e. The number of nitriles is 2. The Hall–Kier alpha value is -1.86. The Morgan fingerprint density at radius 2 is 1.73 bits per heavy atom. The lowest BCUT2D eigenvalue weighted by Crippen LogP contribution is -2.33. The number of imide groups is 1. The van der Waals surface area contributed by atoms with E-state index in [0.29, 0.717) is 0 Å². The van der Waals surface area contributed by atoms with Gasteiger partial charge in [-0.15, -0.1) is 0 Å². The van der Waals surface area contributed by atoms with E-state index < -0.39 is 11.9 Å². The summed E-state index contributed by atoms with van der Waals surface area (Å²) in [6, 6.07) is 2.83. The average Bonchev–Trinajstić information content (AvgIpc) is 2.44. The SMILES string of the molecule is N#CCN1C(=O)C(=CBr)N(CC#N)C1=O. The molecule has 0 saturated carbocycles. The summed E-state index contributed by atoms with van der Waals surface area (Å²) in [5, 5.41) is 16.9. The van der Waals surface area contributed by atoms with Gasteiger partial charge in [-0.1, -0.05) is 15.9 Å². The summed E-state index contributed by atoms with van der Waals surface area (Å²) in [5.41, 5.74) is 0.0665. The van der Waals surface area contributed by atoms with E-state index in [-0.39, 0.29) is 18.8 Å². The topological polar surface area (TPSA) is 88.2 Å². The lowest BCUT2D eigenvalue weighted by Gasteiger charge is -2.10. The minimum atomic E-state index is -0.645. The second-order valence-electron chi connectivity index (χ2n) is 2.57. The third-order valence-corrected chi connectivity index (χ3v) is 2.21. The van der Waals surface area contributed by atoms with Gasteiger partial charge in [0.05, 0.1) is 12.1 Å². The van der Waals surface area contributed by atoms with Crippen molar-refractivity contribution < 1.29 is 9.59 Å².